The zero-order valence-electron chi connectivity index (χ0n) is 12.2. The maximum absolute atomic E-state index is 14.0. The van der Waals surface area contributed by atoms with E-state index in [0.29, 0.717) is 0 Å². The van der Waals surface area contributed by atoms with Crippen LogP contribution in [0.4, 0.5) is 10.1 Å². The van der Waals surface area contributed by atoms with E-state index in [2.05, 4.69) is 4.72 Å². The molecule has 0 fully saturated rings. The number of anilines is 1. The quantitative estimate of drug-likeness (QED) is 0.874. The molecule has 0 radical (unpaired) electrons. The molecule has 2 rings (SSSR count). The van der Waals surface area contributed by atoms with Gasteiger partial charge in [0.05, 0.1) is 17.6 Å². The van der Waals surface area contributed by atoms with Crippen molar-refractivity contribution in [3.63, 3.8) is 0 Å². The first kappa shape index (κ1) is 16.7. The van der Waals surface area contributed by atoms with Gasteiger partial charge in [-0.15, -0.1) is 0 Å². The van der Waals surface area contributed by atoms with Crippen LogP contribution < -0.4 is 10.3 Å². The van der Waals surface area contributed by atoms with Crippen LogP contribution in [0.15, 0.2) is 35.3 Å². The van der Waals surface area contributed by atoms with Gasteiger partial charge >= 0.3 is 5.97 Å². The number of hydrogen-bond donors (Lipinski definition) is 2. The number of sulfonamides is 1. The molecule has 2 N–H and O–H groups in total. The van der Waals surface area contributed by atoms with Crippen molar-refractivity contribution in [2.45, 2.75) is 6.92 Å². The molecule has 0 amide bonds. The topological polar surface area (TPSA) is 105 Å². The first-order chi connectivity index (χ1) is 10.6. The molecule has 1 aromatic heterocycles. The molecule has 0 unspecified atom stereocenters. The summed E-state index contributed by atoms with van der Waals surface area (Å²) in [6.45, 7) is 1.45. The highest BCUT2D eigenvalue weighted by Crippen LogP contribution is 2.19. The Balaban J connectivity index is 2.68. The predicted octanol–water partition coefficient (Wildman–Crippen LogP) is 1.35. The fourth-order valence-electron chi connectivity index (χ4n) is 2.05. The Labute approximate surface area is 131 Å². The molecule has 0 saturated heterocycles. The predicted molar refractivity (Wildman–Crippen MR) is 82.2 cm³/mol. The van der Waals surface area contributed by atoms with Gasteiger partial charge in [-0.3, -0.25) is 14.1 Å². The highest BCUT2D eigenvalue weighted by atomic mass is 32.2. The number of aromatic carboxylic acids is 1. The van der Waals surface area contributed by atoms with E-state index < -0.39 is 32.9 Å². The van der Waals surface area contributed by atoms with E-state index in [0.717, 1.165) is 23.0 Å². The SMILES string of the molecule is Cc1ccn(-c2cc(NS(C)(=O)=O)ccc2F)c(=O)c1C(=O)O. The van der Waals surface area contributed by atoms with Crippen molar-refractivity contribution in [3.8, 4) is 5.69 Å². The third kappa shape index (κ3) is 3.57. The molecule has 0 aliphatic rings. The van der Waals surface area contributed by atoms with Gasteiger partial charge < -0.3 is 5.11 Å². The molecule has 23 heavy (non-hydrogen) atoms. The fourth-order valence-corrected chi connectivity index (χ4v) is 2.61. The van der Waals surface area contributed by atoms with Crippen molar-refractivity contribution >= 4 is 21.7 Å². The van der Waals surface area contributed by atoms with Gasteiger partial charge in [0.15, 0.2) is 0 Å². The third-order valence-electron chi connectivity index (χ3n) is 3.02. The molecule has 1 aromatic carbocycles. The molecule has 0 atom stereocenters. The van der Waals surface area contributed by atoms with Crippen LogP contribution in [-0.2, 0) is 10.0 Å². The molecule has 9 heteroatoms. The van der Waals surface area contributed by atoms with E-state index in [1.165, 1.54) is 25.3 Å². The fraction of sp³-hybridized carbons (Fsp3) is 0.143. The molecular weight excluding hydrogens is 327 g/mol. The van der Waals surface area contributed by atoms with E-state index in [1.54, 1.807) is 0 Å². The normalized spacial score (nSPS) is 11.3. The van der Waals surface area contributed by atoms with Crippen LogP contribution in [0.5, 0.6) is 0 Å². The molecule has 0 bridgehead atoms. The number of nitrogens with zero attached hydrogens (tertiary/aromatic N) is 1. The minimum absolute atomic E-state index is 0.0493. The third-order valence-corrected chi connectivity index (χ3v) is 3.63. The monoisotopic (exact) mass is 340 g/mol. The van der Waals surface area contributed by atoms with Gasteiger partial charge in [0.2, 0.25) is 10.0 Å². The van der Waals surface area contributed by atoms with Crippen molar-refractivity contribution in [2.24, 2.45) is 0 Å². The number of carboxylic acids is 1. The molecule has 0 aliphatic heterocycles. The van der Waals surface area contributed by atoms with E-state index >= 15 is 0 Å². The van der Waals surface area contributed by atoms with Crippen LogP contribution in [-0.4, -0.2) is 30.3 Å². The number of pyridine rings is 1. The number of nitrogens with one attached hydrogen (secondary N) is 1. The lowest BCUT2D eigenvalue weighted by atomic mass is 10.1. The van der Waals surface area contributed by atoms with Gasteiger partial charge in [0.1, 0.15) is 11.4 Å². The largest absolute Gasteiger partial charge is 0.477 e. The van der Waals surface area contributed by atoms with Crippen molar-refractivity contribution in [1.82, 2.24) is 4.57 Å². The molecule has 122 valence electrons. The zero-order valence-corrected chi connectivity index (χ0v) is 13.0. The average Bonchev–Trinajstić information content (AvgIpc) is 2.39. The van der Waals surface area contributed by atoms with E-state index in [9.17, 15) is 22.4 Å². The molecule has 0 saturated carbocycles. The minimum Gasteiger partial charge on any atom is -0.477 e. The Morgan fingerprint density at radius 3 is 2.52 bits per heavy atom. The summed E-state index contributed by atoms with van der Waals surface area (Å²) in [6, 6.07) is 4.65. The number of halogens is 1. The molecular formula is C14H13FN2O5S. The number of aromatic nitrogens is 1. The summed E-state index contributed by atoms with van der Waals surface area (Å²) in [4.78, 5) is 23.4. The van der Waals surface area contributed by atoms with Crippen molar-refractivity contribution in [2.75, 3.05) is 11.0 Å². The maximum Gasteiger partial charge on any atom is 0.341 e. The summed E-state index contributed by atoms with van der Waals surface area (Å²) in [7, 11) is -3.58. The summed E-state index contributed by atoms with van der Waals surface area (Å²) in [5.41, 5.74) is -1.36. The number of benzene rings is 1. The molecule has 0 spiro atoms. The van der Waals surface area contributed by atoms with E-state index in [-0.39, 0.29) is 16.9 Å². The second-order valence-electron chi connectivity index (χ2n) is 4.89. The van der Waals surface area contributed by atoms with Crippen LogP contribution in [0.2, 0.25) is 0 Å². The second kappa shape index (κ2) is 5.84. The van der Waals surface area contributed by atoms with Crippen LogP contribution in [0.25, 0.3) is 5.69 Å². The van der Waals surface area contributed by atoms with Gasteiger partial charge in [-0.2, -0.15) is 0 Å². The molecule has 0 aliphatic carbocycles. The number of aryl methyl sites for hydroxylation is 1. The lowest BCUT2D eigenvalue weighted by Crippen LogP contribution is -2.26. The summed E-state index contributed by atoms with van der Waals surface area (Å²) in [6.07, 6.45) is 2.16. The van der Waals surface area contributed by atoms with Gasteiger partial charge in [0, 0.05) is 6.20 Å². The lowest BCUT2D eigenvalue weighted by molar-refractivity contribution is 0.0693. The summed E-state index contributed by atoms with van der Waals surface area (Å²) < 4.78 is 39.5. The lowest BCUT2D eigenvalue weighted by Gasteiger charge is -2.12. The van der Waals surface area contributed by atoms with Gasteiger partial charge in [-0.25, -0.2) is 17.6 Å². The first-order valence-electron chi connectivity index (χ1n) is 6.33. The average molecular weight is 340 g/mol. The highest BCUT2D eigenvalue weighted by molar-refractivity contribution is 7.92. The number of carbonyl (C=O) groups is 1. The number of carboxylic acid groups (broad SMARTS) is 1. The molecule has 7 nitrogen and oxygen atoms in total. The summed E-state index contributed by atoms with van der Waals surface area (Å²) >= 11 is 0. The minimum atomic E-state index is -3.58. The van der Waals surface area contributed by atoms with Crippen molar-refractivity contribution < 1.29 is 22.7 Å². The van der Waals surface area contributed by atoms with Gasteiger partial charge in [-0.05, 0) is 36.8 Å². The van der Waals surface area contributed by atoms with Crippen LogP contribution in [0, 0.1) is 12.7 Å². The molecule has 1 heterocycles. The van der Waals surface area contributed by atoms with E-state index in [4.69, 9.17) is 5.11 Å². The Morgan fingerprint density at radius 2 is 1.96 bits per heavy atom. The number of hydrogen-bond acceptors (Lipinski definition) is 4. The second-order valence-corrected chi connectivity index (χ2v) is 6.64. The first-order valence-corrected chi connectivity index (χ1v) is 8.22. The summed E-state index contributed by atoms with van der Waals surface area (Å²) in [5, 5.41) is 9.10. The smallest absolute Gasteiger partial charge is 0.341 e. The highest BCUT2D eigenvalue weighted by Gasteiger charge is 2.17. The Hall–Kier alpha value is -2.68. The molecule has 2 aromatic rings. The Morgan fingerprint density at radius 1 is 1.30 bits per heavy atom. The Kier molecular flexibility index (Phi) is 4.24. The summed E-state index contributed by atoms with van der Waals surface area (Å²) in [5.74, 6) is -2.22. The zero-order chi connectivity index (χ0) is 17.4. The van der Waals surface area contributed by atoms with E-state index in [1.807, 2.05) is 0 Å². The Bertz CT molecular complexity index is 950. The van der Waals surface area contributed by atoms with Crippen molar-refractivity contribution in [3.05, 3.63) is 57.8 Å². The van der Waals surface area contributed by atoms with Gasteiger partial charge in [0.25, 0.3) is 5.56 Å². The standard InChI is InChI=1S/C14H13FN2O5S/c1-8-5-6-17(13(18)12(8)14(19)20)11-7-9(3-4-10(11)15)16-23(2,21)22/h3-7,16H,1-2H3,(H,19,20). The van der Waals surface area contributed by atoms with Crippen LogP contribution in [0.3, 0.4) is 0 Å². The van der Waals surface area contributed by atoms with Crippen molar-refractivity contribution in [1.29, 1.82) is 0 Å². The van der Waals surface area contributed by atoms with Crippen LogP contribution in [0.1, 0.15) is 15.9 Å². The van der Waals surface area contributed by atoms with Crippen LogP contribution >= 0.6 is 0 Å². The number of rotatable bonds is 4. The maximum atomic E-state index is 14.0. The van der Waals surface area contributed by atoms with Gasteiger partial charge in [-0.1, -0.05) is 0 Å².